The minimum atomic E-state index is 0.265. The normalized spacial score (nSPS) is 13.2. The van der Waals surface area contributed by atoms with Crippen molar-refractivity contribution < 1.29 is 0 Å². The molecule has 2 aromatic heterocycles. The van der Waals surface area contributed by atoms with Gasteiger partial charge >= 0.3 is 0 Å². The summed E-state index contributed by atoms with van der Waals surface area (Å²) in [6, 6.07) is 0.265. The number of aryl methyl sites for hydroxylation is 3. The van der Waals surface area contributed by atoms with Gasteiger partial charge in [0.05, 0.1) is 12.2 Å². The van der Waals surface area contributed by atoms with Crippen LogP contribution in [0.15, 0.2) is 10.4 Å². The van der Waals surface area contributed by atoms with Gasteiger partial charge in [0.1, 0.15) is 5.01 Å². The second kappa shape index (κ2) is 7.59. The average molecular weight is 334 g/mol. The summed E-state index contributed by atoms with van der Waals surface area (Å²) < 4.78 is 1.94. The van der Waals surface area contributed by atoms with E-state index >= 15 is 0 Å². The van der Waals surface area contributed by atoms with Crippen LogP contribution in [-0.4, -0.2) is 33.8 Å². The van der Waals surface area contributed by atoms with E-state index in [2.05, 4.69) is 51.9 Å². The lowest BCUT2D eigenvalue weighted by molar-refractivity contribution is 0.635. The maximum Gasteiger partial charge on any atom is 0.191 e. The van der Waals surface area contributed by atoms with Gasteiger partial charge in [0.25, 0.3) is 0 Å². The van der Waals surface area contributed by atoms with Gasteiger partial charge in [-0.05, 0) is 39.7 Å². The molecule has 1 unspecified atom stereocenters. The van der Waals surface area contributed by atoms with E-state index in [4.69, 9.17) is 0 Å². The van der Waals surface area contributed by atoms with Gasteiger partial charge in [-0.15, -0.1) is 11.3 Å². The van der Waals surface area contributed by atoms with Crippen LogP contribution in [0.25, 0.3) is 0 Å². The molecule has 126 valence electrons. The van der Waals surface area contributed by atoms with E-state index in [1.807, 2.05) is 18.7 Å². The largest absolute Gasteiger partial charge is 0.354 e. The Kier molecular flexibility index (Phi) is 5.76. The first kappa shape index (κ1) is 17.5. The second-order valence-electron chi connectivity index (χ2n) is 5.83. The molecule has 6 nitrogen and oxygen atoms in total. The smallest absolute Gasteiger partial charge is 0.191 e. The molecule has 2 aromatic rings. The van der Waals surface area contributed by atoms with Gasteiger partial charge in [-0.1, -0.05) is 0 Å². The highest BCUT2D eigenvalue weighted by Gasteiger charge is 2.14. The second-order valence-corrected chi connectivity index (χ2v) is 6.77. The summed E-state index contributed by atoms with van der Waals surface area (Å²) in [5.74, 6) is 0.796. The number of aliphatic imine (C=N–C) groups is 1. The molecule has 0 aliphatic rings. The monoisotopic (exact) mass is 334 g/mol. The van der Waals surface area contributed by atoms with Crippen molar-refractivity contribution in [3.05, 3.63) is 33.0 Å². The molecular weight excluding hydrogens is 308 g/mol. The number of rotatable bonds is 5. The summed E-state index contributed by atoms with van der Waals surface area (Å²) in [5, 5.41) is 14.4. The number of hydrogen-bond donors (Lipinski definition) is 2. The SMILES string of the molecule is CN=C(NCc1nc(C)cs1)NC(C)Cc1c(C)nn(C)c1C. The molecule has 0 saturated heterocycles. The zero-order valence-electron chi connectivity index (χ0n) is 14.8. The first-order valence-corrected chi connectivity index (χ1v) is 8.66. The van der Waals surface area contributed by atoms with E-state index in [-0.39, 0.29) is 6.04 Å². The number of nitrogens with one attached hydrogen (secondary N) is 2. The summed E-state index contributed by atoms with van der Waals surface area (Å²) in [6.45, 7) is 9.03. The zero-order valence-corrected chi connectivity index (χ0v) is 15.6. The average Bonchev–Trinajstić information content (AvgIpc) is 3.02. The van der Waals surface area contributed by atoms with Crippen LogP contribution in [0.2, 0.25) is 0 Å². The van der Waals surface area contributed by atoms with Crippen molar-refractivity contribution in [2.75, 3.05) is 7.05 Å². The lowest BCUT2D eigenvalue weighted by Gasteiger charge is -2.18. The fraction of sp³-hybridized carbons (Fsp3) is 0.562. The first-order valence-electron chi connectivity index (χ1n) is 7.78. The van der Waals surface area contributed by atoms with Gasteiger partial charge in [0.15, 0.2) is 5.96 Å². The van der Waals surface area contributed by atoms with Crippen molar-refractivity contribution in [2.45, 2.75) is 46.7 Å². The highest BCUT2D eigenvalue weighted by atomic mass is 32.1. The van der Waals surface area contributed by atoms with Crippen molar-refractivity contribution in [2.24, 2.45) is 12.0 Å². The molecule has 0 amide bonds. The summed E-state index contributed by atoms with van der Waals surface area (Å²) in [5.41, 5.74) is 4.68. The molecule has 1 atom stereocenters. The van der Waals surface area contributed by atoms with Gasteiger partial charge in [0.2, 0.25) is 0 Å². The Morgan fingerprint density at radius 1 is 1.39 bits per heavy atom. The van der Waals surface area contributed by atoms with E-state index in [1.165, 1.54) is 11.3 Å². The van der Waals surface area contributed by atoms with Gasteiger partial charge in [0, 0.05) is 36.9 Å². The van der Waals surface area contributed by atoms with E-state index < -0.39 is 0 Å². The number of aromatic nitrogens is 3. The quantitative estimate of drug-likeness (QED) is 0.649. The Hall–Kier alpha value is -1.89. The standard InChI is InChI=1S/C16H26N6S/c1-10(7-14-12(3)21-22(6)13(14)4)20-16(17-5)18-8-15-19-11(2)9-23-15/h9-10H,7-8H2,1-6H3,(H2,17,18,20). The third-order valence-corrected chi connectivity index (χ3v) is 4.82. The molecule has 2 N–H and O–H groups in total. The number of nitrogens with zero attached hydrogens (tertiary/aromatic N) is 4. The van der Waals surface area contributed by atoms with Crippen LogP contribution in [0.5, 0.6) is 0 Å². The molecule has 0 saturated carbocycles. The lowest BCUT2D eigenvalue weighted by Crippen LogP contribution is -2.42. The number of guanidine groups is 1. The number of hydrogen-bond acceptors (Lipinski definition) is 4. The molecule has 2 heterocycles. The Morgan fingerprint density at radius 3 is 2.65 bits per heavy atom. The lowest BCUT2D eigenvalue weighted by atomic mass is 10.1. The van der Waals surface area contributed by atoms with E-state index in [0.29, 0.717) is 6.54 Å². The maximum atomic E-state index is 4.48. The van der Waals surface area contributed by atoms with Gasteiger partial charge in [-0.3, -0.25) is 9.67 Å². The summed E-state index contributed by atoms with van der Waals surface area (Å²) in [7, 11) is 3.77. The van der Waals surface area contributed by atoms with Crippen LogP contribution in [0.1, 0.15) is 34.6 Å². The Bertz CT molecular complexity index is 685. The summed E-state index contributed by atoms with van der Waals surface area (Å²) in [6.07, 6.45) is 0.919. The van der Waals surface area contributed by atoms with Gasteiger partial charge < -0.3 is 10.6 Å². The van der Waals surface area contributed by atoms with Crippen LogP contribution >= 0.6 is 11.3 Å². The van der Waals surface area contributed by atoms with Crippen molar-refractivity contribution in [3.63, 3.8) is 0 Å². The minimum absolute atomic E-state index is 0.265. The Balaban J connectivity index is 1.90. The minimum Gasteiger partial charge on any atom is -0.354 e. The number of thiazole rings is 1. The van der Waals surface area contributed by atoms with E-state index in [0.717, 1.165) is 28.8 Å². The van der Waals surface area contributed by atoms with Crippen molar-refractivity contribution in [1.29, 1.82) is 0 Å². The predicted molar refractivity (Wildman–Crippen MR) is 96.0 cm³/mol. The summed E-state index contributed by atoms with van der Waals surface area (Å²) >= 11 is 1.66. The van der Waals surface area contributed by atoms with Gasteiger partial charge in [-0.2, -0.15) is 5.10 Å². The molecule has 0 spiro atoms. The maximum absolute atomic E-state index is 4.48. The van der Waals surface area contributed by atoms with Crippen LogP contribution in [0.3, 0.4) is 0 Å². The van der Waals surface area contributed by atoms with Crippen LogP contribution in [0.4, 0.5) is 0 Å². The zero-order chi connectivity index (χ0) is 17.0. The molecule has 0 fully saturated rings. The molecule has 0 bridgehead atoms. The van der Waals surface area contributed by atoms with E-state index in [1.54, 1.807) is 18.4 Å². The third-order valence-electron chi connectivity index (χ3n) is 3.85. The van der Waals surface area contributed by atoms with Crippen molar-refractivity contribution in [3.8, 4) is 0 Å². The van der Waals surface area contributed by atoms with Crippen LogP contribution < -0.4 is 10.6 Å². The highest BCUT2D eigenvalue weighted by Crippen LogP contribution is 2.14. The van der Waals surface area contributed by atoms with Crippen LogP contribution in [0, 0.1) is 20.8 Å². The van der Waals surface area contributed by atoms with Crippen LogP contribution in [-0.2, 0) is 20.0 Å². The molecule has 2 rings (SSSR count). The Labute approximate surface area is 142 Å². The fourth-order valence-electron chi connectivity index (χ4n) is 2.54. The Morgan fingerprint density at radius 2 is 2.13 bits per heavy atom. The first-order chi connectivity index (χ1) is 10.9. The molecule has 0 aliphatic carbocycles. The molecule has 0 aromatic carbocycles. The van der Waals surface area contributed by atoms with E-state index in [9.17, 15) is 0 Å². The molecule has 0 aliphatic heterocycles. The highest BCUT2D eigenvalue weighted by molar-refractivity contribution is 7.09. The third kappa shape index (κ3) is 4.54. The molecule has 0 radical (unpaired) electrons. The van der Waals surface area contributed by atoms with Gasteiger partial charge in [-0.25, -0.2) is 4.98 Å². The topological polar surface area (TPSA) is 67.1 Å². The van der Waals surface area contributed by atoms with Crippen molar-refractivity contribution in [1.82, 2.24) is 25.4 Å². The predicted octanol–water partition coefficient (Wildman–Crippen LogP) is 2.10. The molecule has 23 heavy (non-hydrogen) atoms. The fourth-order valence-corrected chi connectivity index (χ4v) is 3.25. The molecular formula is C16H26N6S. The summed E-state index contributed by atoms with van der Waals surface area (Å²) in [4.78, 5) is 8.74. The van der Waals surface area contributed by atoms with Crippen molar-refractivity contribution >= 4 is 17.3 Å². The molecule has 7 heteroatoms.